The van der Waals surface area contributed by atoms with E-state index in [1.165, 1.54) is 0 Å². The molecule has 1 aliphatic rings. The average molecular weight is 409 g/mol. The molecule has 1 amide bonds. The van der Waals surface area contributed by atoms with Gasteiger partial charge in [-0.2, -0.15) is 5.10 Å². The summed E-state index contributed by atoms with van der Waals surface area (Å²) < 4.78 is 1.96. The summed E-state index contributed by atoms with van der Waals surface area (Å²) in [7, 11) is 0. The second-order valence-corrected chi connectivity index (χ2v) is 8.05. The minimum absolute atomic E-state index is 0.156. The number of nitrogens with zero attached hydrogens (tertiary/aromatic N) is 3. The van der Waals surface area contributed by atoms with E-state index < -0.39 is 0 Å². The topological polar surface area (TPSA) is 59.8 Å². The van der Waals surface area contributed by atoms with Crippen LogP contribution >= 0.6 is 0 Å². The summed E-state index contributed by atoms with van der Waals surface area (Å²) >= 11 is 0. The Morgan fingerprint density at radius 2 is 1.84 bits per heavy atom. The number of benzene rings is 2. The van der Waals surface area contributed by atoms with Gasteiger partial charge in [-0.25, -0.2) is 4.68 Å². The summed E-state index contributed by atoms with van der Waals surface area (Å²) in [5.41, 5.74) is 8.78. The molecule has 0 bridgehead atoms. The van der Waals surface area contributed by atoms with Gasteiger partial charge in [-0.15, -0.1) is 0 Å². The number of fused-ring (bicyclic) bond motifs is 1. The number of aromatic nitrogens is 3. The highest BCUT2D eigenvalue weighted by Gasteiger charge is 2.27. The second kappa shape index (κ2) is 7.84. The molecule has 0 radical (unpaired) electrons. The number of carbonyl (C=O) groups is 1. The van der Waals surface area contributed by atoms with Crippen molar-refractivity contribution in [1.82, 2.24) is 14.8 Å². The minimum Gasteiger partial charge on any atom is -0.320 e. The van der Waals surface area contributed by atoms with Crippen molar-refractivity contribution in [3.63, 3.8) is 0 Å². The maximum absolute atomic E-state index is 13.3. The average Bonchev–Trinajstić information content (AvgIpc) is 3.39. The maximum Gasteiger partial charge on any atom is 0.276 e. The van der Waals surface area contributed by atoms with E-state index in [1.807, 2.05) is 60.3 Å². The molecule has 2 heterocycles. The first kappa shape index (κ1) is 19.2. The summed E-state index contributed by atoms with van der Waals surface area (Å²) in [6.45, 7) is 4.07. The van der Waals surface area contributed by atoms with Crippen LogP contribution in [0.2, 0.25) is 0 Å². The number of pyridine rings is 1. The lowest BCUT2D eigenvalue weighted by Gasteiger charge is -2.11. The molecule has 154 valence electrons. The van der Waals surface area contributed by atoms with Crippen LogP contribution in [-0.2, 0) is 12.8 Å². The molecule has 0 spiro atoms. The van der Waals surface area contributed by atoms with Gasteiger partial charge in [0, 0.05) is 34.9 Å². The minimum atomic E-state index is -0.156. The van der Waals surface area contributed by atoms with Crippen LogP contribution in [0.3, 0.4) is 0 Å². The Labute approximate surface area is 181 Å². The Morgan fingerprint density at radius 1 is 0.968 bits per heavy atom. The van der Waals surface area contributed by atoms with Gasteiger partial charge in [-0.1, -0.05) is 36.4 Å². The van der Waals surface area contributed by atoms with Gasteiger partial charge in [0.05, 0.1) is 5.69 Å². The van der Waals surface area contributed by atoms with Crippen LogP contribution < -0.4 is 5.32 Å². The van der Waals surface area contributed by atoms with Crippen LogP contribution in [0.5, 0.6) is 0 Å². The monoisotopic (exact) mass is 408 g/mol. The predicted molar refractivity (Wildman–Crippen MR) is 123 cm³/mol. The van der Waals surface area contributed by atoms with E-state index in [4.69, 9.17) is 5.10 Å². The largest absolute Gasteiger partial charge is 0.320 e. The van der Waals surface area contributed by atoms with E-state index in [0.717, 1.165) is 64.1 Å². The van der Waals surface area contributed by atoms with E-state index in [0.29, 0.717) is 5.69 Å². The number of rotatable bonds is 4. The van der Waals surface area contributed by atoms with Gasteiger partial charge >= 0.3 is 0 Å². The molecular formula is C26H24N4O. The summed E-state index contributed by atoms with van der Waals surface area (Å²) in [4.78, 5) is 17.5. The van der Waals surface area contributed by atoms with Crippen molar-refractivity contribution in [1.29, 1.82) is 0 Å². The normalized spacial score (nSPS) is 12.6. The predicted octanol–water partition coefficient (Wildman–Crippen LogP) is 5.29. The van der Waals surface area contributed by atoms with Crippen LogP contribution in [-0.4, -0.2) is 20.7 Å². The number of anilines is 1. The van der Waals surface area contributed by atoms with Crippen LogP contribution in [0.1, 0.15) is 39.3 Å². The van der Waals surface area contributed by atoms with Crippen molar-refractivity contribution in [2.24, 2.45) is 0 Å². The standard InChI is InChI=1S/C26H24N4O/c1-17-12-13-19(20-8-6-14-27-16-20)15-22(17)28-26(31)25-21-9-5-11-24(21)30(29-25)23-10-4-3-7-18(23)2/h3-4,6-8,10,12-16H,5,9,11H2,1-2H3,(H,28,31). The molecule has 0 saturated heterocycles. The molecule has 0 aliphatic heterocycles. The van der Waals surface area contributed by atoms with Gasteiger partial charge < -0.3 is 5.32 Å². The van der Waals surface area contributed by atoms with E-state index in [9.17, 15) is 4.79 Å². The fourth-order valence-electron chi connectivity index (χ4n) is 4.27. The molecule has 0 saturated carbocycles. The molecule has 1 aliphatic carbocycles. The zero-order chi connectivity index (χ0) is 21.4. The van der Waals surface area contributed by atoms with E-state index >= 15 is 0 Å². The third-order valence-electron chi connectivity index (χ3n) is 5.97. The van der Waals surface area contributed by atoms with Gasteiger partial charge in [0.25, 0.3) is 5.91 Å². The zero-order valence-corrected chi connectivity index (χ0v) is 17.7. The summed E-state index contributed by atoms with van der Waals surface area (Å²) in [6.07, 6.45) is 6.46. The van der Waals surface area contributed by atoms with Gasteiger partial charge in [0.15, 0.2) is 5.69 Å². The lowest BCUT2D eigenvalue weighted by atomic mass is 10.0. The lowest BCUT2D eigenvalue weighted by Crippen LogP contribution is -2.16. The number of para-hydroxylation sites is 1. The highest BCUT2D eigenvalue weighted by atomic mass is 16.2. The number of hydrogen-bond donors (Lipinski definition) is 1. The summed E-state index contributed by atoms with van der Waals surface area (Å²) in [5, 5.41) is 7.87. The number of carbonyl (C=O) groups excluding carboxylic acids is 1. The number of hydrogen-bond acceptors (Lipinski definition) is 3. The van der Waals surface area contributed by atoms with E-state index in [2.05, 4.69) is 29.4 Å². The molecule has 5 rings (SSSR count). The van der Waals surface area contributed by atoms with Crippen LogP contribution in [0.4, 0.5) is 5.69 Å². The molecule has 4 aromatic rings. The first-order valence-corrected chi connectivity index (χ1v) is 10.6. The molecule has 0 fully saturated rings. The van der Waals surface area contributed by atoms with Gasteiger partial charge in [-0.05, 0) is 68.0 Å². The van der Waals surface area contributed by atoms with Crippen LogP contribution in [0.15, 0.2) is 67.0 Å². The van der Waals surface area contributed by atoms with Crippen molar-refractivity contribution in [2.75, 3.05) is 5.32 Å². The smallest absolute Gasteiger partial charge is 0.276 e. The Hall–Kier alpha value is -3.73. The molecule has 31 heavy (non-hydrogen) atoms. The molecule has 2 aromatic carbocycles. The van der Waals surface area contributed by atoms with Crippen LogP contribution in [0, 0.1) is 13.8 Å². The van der Waals surface area contributed by atoms with Gasteiger partial charge in [-0.3, -0.25) is 9.78 Å². The molecule has 5 nitrogen and oxygen atoms in total. The van der Waals surface area contributed by atoms with Gasteiger partial charge in [0.1, 0.15) is 0 Å². The number of nitrogens with one attached hydrogen (secondary N) is 1. The van der Waals surface area contributed by atoms with Crippen molar-refractivity contribution in [3.8, 4) is 16.8 Å². The van der Waals surface area contributed by atoms with Gasteiger partial charge in [0.2, 0.25) is 0 Å². The molecular weight excluding hydrogens is 384 g/mol. The Balaban J connectivity index is 1.50. The highest BCUT2D eigenvalue weighted by Crippen LogP contribution is 2.30. The van der Waals surface area contributed by atoms with E-state index in [1.54, 1.807) is 6.20 Å². The van der Waals surface area contributed by atoms with Crippen LogP contribution in [0.25, 0.3) is 16.8 Å². The van der Waals surface area contributed by atoms with E-state index in [-0.39, 0.29) is 5.91 Å². The third-order valence-corrected chi connectivity index (χ3v) is 5.97. The summed E-state index contributed by atoms with van der Waals surface area (Å²) in [6, 6.07) is 18.2. The molecule has 1 N–H and O–H groups in total. The molecule has 5 heteroatoms. The first-order chi connectivity index (χ1) is 15.1. The Bertz CT molecular complexity index is 1270. The quantitative estimate of drug-likeness (QED) is 0.499. The molecule has 2 aromatic heterocycles. The number of aryl methyl sites for hydroxylation is 2. The third kappa shape index (κ3) is 3.52. The Morgan fingerprint density at radius 3 is 2.65 bits per heavy atom. The zero-order valence-electron chi connectivity index (χ0n) is 17.7. The maximum atomic E-state index is 13.3. The SMILES string of the molecule is Cc1ccc(-c2cccnc2)cc1NC(=O)c1nn(-c2ccccc2C)c2c1CCC2. The fourth-order valence-corrected chi connectivity index (χ4v) is 4.27. The molecule has 0 unspecified atom stereocenters. The Kier molecular flexibility index (Phi) is 4.86. The molecule has 0 atom stereocenters. The second-order valence-electron chi connectivity index (χ2n) is 8.05. The number of amides is 1. The highest BCUT2D eigenvalue weighted by molar-refractivity contribution is 6.05. The lowest BCUT2D eigenvalue weighted by molar-refractivity contribution is 0.102. The fraction of sp³-hybridized carbons (Fsp3) is 0.192. The van der Waals surface area contributed by atoms with Crippen molar-refractivity contribution in [3.05, 3.63) is 95.1 Å². The van der Waals surface area contributed by atoms with Crippen molar-refractivity contribution < 1.29 is 4.79 Å². The van der Waals surface area contributed by atoms with Crippen molar-refractivity contribution >= 4 is 11.6 Å². The van der Waals surface area contributed by atoms with Crippen molar-refractivity contribution in [2.45, 2.75) is 33.1 Å². The first-order valence-electron chi connectivity index (χ1n) is 10.6. The summed E-state index contributed by atoms with van der Waals surface area (Å²) in [5.74, 6) is -0.156.